The lowest BCUT2D eigenvalue weighted by Crippen LogP contribution is -2.40. The molecule has 0 radical (unpaired) electrons. The van der Waals surface area contributed by atoms with E-state index in [1.807, 2.05) is 23.1 Å². The minimum atomic E-state index is -0.0928. The fourth-order valence-corrected chi connectivity index (χ4v) is 3.04. The molecule has 1 fully saturated rings. The fraction of sp³-hybridized carbons (Fsp3) is 0.471. The molecule has 0 N–H and O–H groups in total. The number of carbonyl (C=O) groups excluding carboxylic acids is 1. The molecule has 1 amide bonds. The zero-order valence-electron chi connectivity index (χ0n) is 13.3. The number of hydrogen-bond acceptors (Lipinski definition) is 4. The summed E-state index contributed by atoms with van der Waals surface area (Å²) in [5.41, 5.74) is 0.677. The summed E-state index contributed by atoms with van der Waals surface area (Å²) in [5, 5.41) is 4.80. The van der Waals surface area contributed by atoms with Gasteiger partial charge in [-0.25, -0.2) is 0 Å². The molecular formula is C17H21N3O3. The van der Waals surface area contributed by atoms with Gasteiger partial charge in [-0.15, -0.1) is 0 Å². The van der Waals surface area contributed by atoms with E-state index in [1.165, 1.54) is 6.20 Å². The van der Waals surface area contributed by atoms with E-state index in [0.717, 1.165) is 31.4 Å². The van der Waals surface area contributed by atoms with E-state index >= 15 is 0 Å². The number of carbonyl (C=O) groups is 1. The zero-order valence-corrected chi connectivity index (χ0v) is 13.3. The molecule has 0 bridgehead atoms. The van der Waals surface area contributed by atoms with E-state index in [1.54, 1.807) is 17.9 Å². The SMILES string of the molecule is COC1CCN(C(=O)CCn2ncc(=O)c3ccccc32)CC1. The number of nitrogens with zero attached hydrogens (tertiary/aromatic N) is 3. The molecule has 6 heteroatoms. The van der Waals surface area contributed by atoms with Crippen LogP contribution in [0.15, 0.2) is 35.3 Å². The van der Waals surface area contributed by atoms with Crippen molar-refractivity contribution in [2.75, 3.05) is 20.2 Å². The lowest BCUT2D eigenvalue weighted by atomic mass is 10.1. The molecule has 0 unspecified atom stereocenters. The number of benzene rings is 1. The highest BCUT2D eigenvalue weighted by atomic mass is 16.5. The first-order valence-corrected chi connectivity index (χ1v) is 7.94. The van der Waals surface area contributed by atoms with Gasteiger partial charge in [0.25, 0.3) is 0 Å². The van der Waals surface area contributed by atoms with Crippen LogP contribution in [0.5, 0.6) is 0 Å². The summed E-state index contributed by atoms with van der Waals surface area (Å²) in [6.45, 7) is 1.97. The Kier molecular flexibility index (Phi) is 4.71. The van der Waals surface area contributed by atoms with Crippen LogP contribution in [0, 0.1) is 0 Å². The van der Waals surface area contributed by atoms with Crippen molar-refractivity contribution in [2.45, 2.75) is 31.9 Å². The third kappa shape index (κ3) is 3.42. The summed E-state index contributed by atoms with van der Waals surface area (Å²) in [5.74, 6) is 0.129. The van der Waals surface area contributed by atoms with Crippen molar-refractivity contribution < 1.29 is 9.53 Å². The maximum Gasteiger partial charge on any atom is 0.224 e. The second-order valence-corrected chi connectivity index (χ2v) is 5.81. The third-order valence-electron chi connectivity index (χ3n) is 4.43. The Labute approximate surface area is 134 Å². The van der Waals surface area contributed by atoms with Crippen molar-refractivity contribution in [1.29, 1.82) is 0 Å². The van der Waals surface area contributed by atoms with E-state index in [4.69, 9.17) is 4.74 Å². The highest BCUT2D eigenvalue weighted by Gasteiger charge is 2.22. The minimum Gasteiger partial charge on any atom is -0.381 e. The molecule has 2 aromatic rings. The molecule has 0 saturated carbocycles. The number of aromatic nitrogens is 2. The molecule has 6 nitrogen and oxygen atoms in total. The topological polar surface area (TPSA) is 64.4 Å². The third-order valence-corrected chi connectivity index (χ3v) is 4.43. The van der Waals surface area contributed by atoms with E-state index in [9.17, 15) is 9.59 Å². The van der Waals surface area contributed by atoms with Gasteiger partial charge in [0, 0.05) is 32.0 Å². The molecule has 3 rings (SSSR count). The minimum absolute atomic E-state index is 0.0928. The molecule has 1 saturated heterocycles. The lowest BCUT2D eigenvalue weighted by Gasteiger charge is -2.31. The second-order valence-electron chi connectivity index (χ2n) is 5.81. The van der Waals surface area contributed by atoms with Crippen LogP contribution < -0.4 is 5.43 Å². The van der Waals surface area contributed by atoms with Gasteiger partial charge in [0.15, 0.2) is 0 Å². The van der Waals surface area contributed by atoms with Gasteiger partial charge in [0.2, 0.25) is 11.3 Å². The average Bonchev–Trinajstić information content (AvgIpc) is 2.61. The van der Waals surface area contributed by atoms with Gasteiger partial charge in [-0.2, -0.15) is 5.10 Å². The predicted octanol–water partition coefficient (Wildman–Crippen LogP) is 1.42. The monoisotopic (exact) mass is 315 g/mol. The number of piperidine rings is 1. The summed E-state index contributed by atoms with van der Waals surface area (Å²) >= 11 is 0. The number of methoxy groups -OCH3 is 1. The van der Waals surface area contributed by atoms with Gasteiger partial charge in [-0.1, -0.05) is 12.1 Å². The summed E-state index contributed by atoms with van der Waals surface area (Å²) in [6.07, 6.45) is 3.75. The normalized spacial score (nSPS) is 16.0. The molecule has 122 valence electrons. The maximum atomic E-state index is 12.4. The highest BCUT2D eigenvalue weighted by molar-refractivity contribution is 5.79. The fourth-order valence-electron chi connectivity index (χ4n) is 3.04. The van der Waals surface area contributed by atoms with Gasteiger partial charge in [0.1, 0.15) is 0 Å². The van der Waals surface area contributed by atoms with Gasteiger partial charge in [0.05, 0.1) is 24.4 Å². The summed E-state index contributed by atoms with van der Waals surface area (Å²) in [6, 6.07) is 7.35. The van der Waals surface area contributed by atoms with Gasteiger partial charge in [-0.3, -0.25) is 14.3 Å². The molecular weight excluding hydrogens is 294 g/mol. The zero-order chi connectivity index (χ0) is 16.2. The molecule has 1 aromatic heterocycles. The van der Waals surface area contributed by atoms with Crippen LogP contribution in [0.3, 0.4) is 0 Å². The van der Waals surface area contributed by atoms with Crippen molar-refractivity contribution in [2.24, 2.45) is 0 Å². The molecule has 23 heavy (non-hydrogen) atoms. The number of ether oxygens (including phenoxy) is 1. The van der Waals surface area contributed by atoms with Crippen LogP contribution in [0.25, 0.3) is 10.9 Å². The van der Waals surface area contributed by atoms with Crippen LogP contribution >= 0.6 is 0 Å². The quantitative estimate of drug-likeness (QED) is 0.856. The van der Waals surface area contributed by atoms with Crippen molar-refractivity contribution in [1.82, 2.24) is 14.7 Å². The summed E-state index contributed by atoms with van der Waals surface area (Å²) in [7, 11) is 1.72. The van der Waals surface area contributed by atoms with Crippen LogP contribution in [-0.2, 0) is 16.1 Å². The first-order valence-electron chi connectivity index (χ1n) is 7.94. The van der Waals surface area contributed by atoms with Crippen molar-refractivity contribution in [3.8, 4) is 0 Å². The van der Waals surface area contributed by atoms with Crippen molar-refractivity contribution in [3.05, 3.63) is 40.7 Å². The number of aryl methyl sites for hydroxylation is 1. The number of hydrogen-bond donors (Lipinski definition) is 0. The smallest absolute Gasteiger partial charge is 0.224 e. The Bertz CT molecular complexity index is 748. The molecule has 0 spiro atoms. The Morgan fingerprint density at radius 3 is 2.78 bits per heavy atom. The van der Waals surface area contributed by atoms with Crippen LogP contribution in [0.1, 0.15) is 19.3 Å². The summed E-state index contributed by atoms with van der Waals surface area (Å²) < 4.78 is 7.06. The Morgan fingerprint density at radius 2 is 2.04 bits per heavy atom. The van der Waals surface area contributed by atoms with Crippen molar-refractivity contribution in [3.63, 3.8) is 0 Å². The Morgan fingerprint density at radius 1 is 1.30 bits per heavy atom. The molecule has 1 aliphatic heterocycles. The lowest BCUT2D eigenvalue weighted by molar-refractivity contribution is -0.133. The molecule has 1 aliphatic rings. The molecule has 2 heterocycles. The number of para-hydroxylation sites is 1. The highest BCUT2D eigenvalue weighted by Crippen LogP contribution is 2.14. The van der Waals surface area contributed by atoms with E-state index in [-0.39, 0.29) is 17.4 Å². The van der Waals surface area contributed by atoms with Gasteiger partial charge in [-0.05, 0) is 25.0 Å². The number of amides is 1. The molecule has 0 atom stereocenters. The number of rotatable bonds is 4. The van der Waals surface area contributed by atoms with Crippen LogP contribution in [0.4, 0.5) is 0 Å². The first-order chi connectivity index (χ1) is 11.2. The Hall–Kier alpha value is -2.21. The van der Waals surface area contributed by atoms with Crippen LogP contribution in [0.2, 0.25) is 0 Å². The van der Waals surface area contributed by atoms with E-state index in [2.05, 4.69) is 5.10 Å². The maximum absolute atomic E-state index is 12.4. The predicted molar refractivity (Wildman–Crippen MR) is 87.2 cm³/mol. The largest absolute Gasteiger partial charge is 0.381 e. The first kappa shape index (κ1) is 15.7. The standard InChI is InChI=1S/C17H21N3O3/c1-23-13-6-9-19(10-7-13)17(22)8-11-20-15-5-3-2-4-14(15)16(21)12-18-20/h2-5,12-13H,6-11H2,1H3. The average molecular weight is 315 g/mol. The van der Waals surface area contributed by atoms with E-state index in [0.29, 0.717) is 18.4 Å². The molecule has 1 aromatic carbocycles. The van der Waals surface area contributed by atoms with Gasteiger partial charge >= 0.3 is 0 Å². The van der Waals surface area contributed by atoms with Crippen LogP contribution in [-0.4, -0.2) is 46.9 Å². The van der Waals surface area contributed by atoms with Gasteiger partial charge < -0.3 is 9.64 Å². The summed E-state index contributed by atoms with van der Waals surface area (Å²) in [4.78, 5) is 26.1. The van der Waals surface area contributed by atoms with Crippen molar-refractivity contribution >= 4 is 16.8 Å². The Balaban J connectivity index is 1.66. The second kappa shape index (κ2) is 6.91. The number of fused-ring (bicyclic) bond motifs is 1. The van der Waals surface area contributed by atoms with E-state index < -0.39 is 0 Å². The number of likely N-dealkylation sites (tertiary alicyclic amines) is 1. The molecule has 0 aliphatic carbocycles.